The molecule has 1 aliphatic carbocycles. The van der Waals surface area contributed by atoms with Gasteiger partial charge >= 0.3 is 6.18 Å². The largest absolute Gasteiger partial charge is 0.416 e. The number of hydrogen-bond acceptors (Lipinski definition) is 5. The van der Waals surface area contributed by atoms with Gasteiger partial charge in [0.05, 0.1) is 27.8 Å². The Morgan fingerprint density at radius 2 is 1.80 bits per heavy atom. The van der Waals surface area contributed by atoms with E-state index in [1.807, 2.05) is 0 Å². The molecule has 0 amide bonds. The lowest BCUT2D eigenvalue weighted by Gasteiger charge is -2.49. The van der Waals surface area contributed by atoms with Gasteiger partial charge in [0.1, 0.15) is 11.5 Å². The molecule has 2 aromatic heterocycles. The Morgan fingerprint density at radius 1 is 1.02 bits per heavy atom. The summed E-state index contributed by atoms with van der Waals surface area (Å²) in [6.45, 7) is -0.187. The van der Waals surface area contributed by atoms with Gasteiger partial charge in [-0.2, -0.15) is 22.6 Å². The molecule has 7 nitrogen and oxygen atoms in total. The SMILES string of the molecule is O=C(c1ccccn1)C12Cc3cnn(-c4ccc(F)cc4)c3CC1CCN(S(=O)(=O)c1cccc(C(F)(F)F)c1)C2. The van der Waals surface area contributed by atoms with E-state index >= 15 is 0 Å². The number of piperidine rings is 1. The van der Waals surface area contributed by atoms with E-state index in [0.29, 0.717) is 24.6 Å². The highest BCUT2D eigenvalue weighted by molar-refractivity contribution is 7.89. The van der Waals surface area contributed by atoms with Crippen molar-refractivity contribution in [3.05, 3.63) is 107 Å². The number of sulfonamides is 1. The summed E-state index contributed by atoms with van der Waals surface area (Å²) in [6, 6.07) is 14.4. The Hall–Kier alpha value is -3.90. The predicted molar refractivity (Wildman–Crippen MR) is 140 cm³/mol. The van der Waals surface area contributed by atoms with Crippen LogP contribution in [0.15, 0.2) is 84.0 Å². The summed E-state index contributed by atoms with van der Waals surface area (Å²) in [4.78, 5) is 17.9. The zero-order valence-corrected chi connectivity index (χ0v) is 22.4. The molecular formula is C29H24F4N4O3S. The van der Waals surface area contributed by atoms with E-state index in [9.17, 15) is 30.8 Å². The fourth-order valence-electron chi connectivity index (χ4n) is 6.02. The lowest BCUT2D eigenvalue weighted by atomic mass is 9.60. The van der Waals surface area contributed by atoms with Crippen LogP contribution in [0.2, 0.25) is 0 Å². The van der Waals surface area contributed by atoms with Crippen molar-refractivity contribution in [1.82, 2.24) is 19.1 Å². The summed E-state index contributed by atoms with van der Waals surface area (Å²) in [5.41, 5.74) is 0.146. The standard InChI is InChI=1S/C29H24F4N4O3S/c30-22-7-9-23(10-8-22)37-26-15-20-11-13-36(41(39,40)24-5-3-4-21(14-24)29(31,32)33)18-28(20,16-19(26)17-35-37)27(38)25-6-1-2-12-34-25/h1-10,12,14,17,20H,11,13,15-16,18H2. The maximum Gasteiger partial charge on any atom is 0.416 e. The number of halogens is 4. The summed E-state index contributed by atoms with van der Waals surface area (Å²) in [5, 5.41) is 4.50. The molecule has 2 unspecified atom stereocenters. The van der Waals surface area contributed by atoms with Gasteiger partial charge in [-0.05, 0) is 85.3 Å². The van der Waals surface area contributed by atoms with Crippen LogP contribution in [0, 0.1) is 17.2 Å². The molecule has 4 aromatic rings. The smallest absolute Gasteiger partial charge is 0.292 e. The zero-order chi connectivity index (χ0) is 29.0. The van der Waals surface area contributed by atoms with Crippen LogP contribution in [0.4, 0.5) is 17.6 Å². The Labute approximate surface area is 233 Å². The van der Waals surface area contributed by atoms with Crippen LogP contribution >= 0.6 is 0 Å². The van der Waals surface area contributed by atoms with Gasteiger partial charge in [0.25, 0.3) is 0 Å². The lowest BCUT2D eigenvalue weighted by Crippen LogP contribution is -2.57. The van der Waals surface area contributed by atoms with Crippen molar-refractivity contribution in [2.45, 2.75) is 30.3 Å². The summed E-state index contributed by atoms with van der Waals surface area (Å²) in [5.74, 6) is -1.01. The minimum Gasteiger partial charge on any atom is -0.292 e. The van der Waals surface area contributed by atoms with Gasteiger partial charge in [-0.25, -0.2) is 17.5 Å². The fraction of sp³-hybridized carbons (Fsp3) is 0.276. The van der Waals surface area contributed by atoms with Crippen LogP contribution in [-0.4, -0.2) is 46.4 Å². The van der Waals surface area contributed by atoms with Crippen LogP contribution in [0.5, 0.6) is 0 Å². The van der Waals surface area contributed by atoms with Crippen molar-refractivity contribution in [2.24, 2.45) is 11.3 Å². The first-order chi connectivity index (χ1) is 19.5. The van der Waals surface area contributed by atoms with Crippen molar-refractivity contribution >= 4 is 15.8 Å². The Bertz CT molecular complexity index is 1720. The second kappa shape index (κ2) is 9.88. The number of carbonyl (C=O) groups is 1. The van der Waals surface area contributed by atoms with Gasteiger partial charge in [0.15, 0.2) is 5.78 Å². The molecule has 41 heavy (non-hydrogen) atoms. The second-order valence-corrected chi connectivity index (χ2v) is 12.4. The van der Waals surface area contributed by atoms with E-state index in [0.717, 1.165) is 33.8 Å². The Balaban J connectivity index is 1.41. The van der Waals surface area contributed by atoms with E-state index in [2.05, 4.69) is 10.1 Å². The van der Waals surface area contributed by atoms with Crippen LogP contribution in [-0.2, 0) is 29.0 Å². The summed E-state index contributed by atoms with van der Waals surface area (Å²) in [7, 11) is -4.36. The molecule has 0 bridgehead atoms. The number of rotatable bonds is 5. The maximum absolute atomic E-state index is 14.2. The first-order valence-corrected chi connectivity index (χ1v) is 14.4. The van der Waals surface area contributed by atoms with Crippen LogP contribution in [0.1, 0.15) is 33.7 Å². The fourth-order valence-corrected chi connectivity index (χ4v) is 7.59. The summed E-state index contributed by atoms with van der Waals surface area (Å²) < 4.78 is 83.9. The maximum atomic E-state index is 14.2. The van der Waals surface area contributed by atoms with Crippen LogP contribution < -0.4 is 0 Å². The molecule has 0 N–H and O–H groups in total. The van der Waals surface area contributed by atoms with Gasteiger partial charge in [0, 0.05) is 25.0 Å². The summed E-state index contributed by atoms with van der Waals surface area (Å²) in [6.07, 6.45) is -0.729. The molecule has 1 aliphatic heterocycles. The third kappa shape index (κ3) is 4.74. The highest BCUT2D eigenvalue weighted by Crippen LogP contribution is 2.48. The zero-order valence-electron chi connectivity index (χ0n) is 21.6. The monoisotopic (exact) mass is 584 g/mol. The van der Waals surface area contributed by atoms with Crippen molar-refractivity contribution in [1.29, 1.82) is 0 Å². The molecule has 2 aliphatic rings. The Morgan fingerprint density at radius 3 is 2.51 bits per heavy atom. The van der Waals surface area contributed by atoms with Crippen molar-refractivity contribution in [3.8, 4) is 5.69 Å². The number of benzene rings is 2. The van der Waals surface area contributed by atoms with E-state index < -0.39 is 32.1 Å². The molecule has 212 valence electrons. The van der Waals surface area contributed by atoms with Crippen molar-refractivity contribution in [2.75, 3.05) is 13.1 Å². The highest BCUT2D eigenvalue weighted by atomic mass is 32.2. The molecule has 0 radical (unpaired) electrons. The first kappa shape index (κ1) is 27.3. The van der Waals surface area contributed by atoms with E-state index in [1.54, 1.807) is 41.2 Å². The van der Waals surface area contributed by atoms with Gasteiger partial charge in [0.2, 0.25) is 10.0 Å². The third-order valence-electron chi connectivity index (χ3n) is 8.09. The van der Waals surface area contributed by atoms with Gasteiger partial charge in [-0.3, -0.25) is 9.78 Å². The van der Waals surface area contributed by atoms with Gasteiger partial charge in [-0.1, -0.05) is 12.1 Å². The van der Waals surface area contributed by atoms with E-state index in [4.69, 9.17) is 0 Å². The molecule has 2 atom stereocenters. The number of nitrogens with zero attached hydrogens (tertiary/aromatic N) is 4. The molecule has 3 heterocycles. The lowest BCUT2D eigenvalue weighted by molar-refractivity contribution is -0.137. The minimum absolute atomic E-state index is 0.0283. The third-order valence-corrected chi connectivity index (χ3v) is 9.93. The number of carbonyl (C=O) groups excluding carboxylic acids is 1. The second-order valence-electron chi connectivity index (χ2n) is 10.4. The molecule has 2 aromatic carbocycles. The number of aromatic nitrogens is 3. The predicted octanol–water partition coefficient (Wildman–Crippen LogP) is 5.10. The summed E-state index contributed by atoms with van der Waals surface area (Å²) >= 11 is 0. The number of alkyl halides is 3. The Kier molecular flexibility index (Phi) is 6.57. The van der Waals surface area contributed by atoms with Crippen LogP contribution in [0.3, 0.4) is 0 Å². The minimum atomic E-state index is -4.71. The number of fused-ring (bicyclic) bond motifs is 2. The normalized spacial score (nSPS) is 21.2. The average molecular weight is 585 g/mol. The molecule has 12 heteroatoms. The van der Waals surface area contributed by atoms with E-state index in [-0.39, 0.29) is 42.7 Å². The first-order valence-electron chi connectivity index (χ1n) is 12.9. The quantitative estimate of drug-likeness (QED) is 0.241. The van der Waals surface area contributed by atoms with Gasteiger partial charge in [-0.15, -0.1) is 0 Å². The molecule has 0 spiro atoms. The molecule has 1 fully saturated rings. The number of hydrogen-bond donors (Lipinski definition) is 0. The average Bonchev–Trinajstić information content (AvgIpc) is 3.38. The van der Waals surface area contributed by atoms with Crippen LogP contribution in [0.25, 0.3) is 5.69 Å². The van der Waals surface area contributed by atoms with Gasteiger partial charge < -0.3 is 0 Å². The topological polar surface area (TPSA) is 85.2 Å². The highest BCUT2D eigenvalue weighted by Gasteiger charge is 2.54. The number of Topliss-reactive ketones (excluding diaryl/α,β-unsaturated/α-hetero) is 1. The number of pyridine rings is 1. The number of ketones is 1. The molecule has 0 saturated carbocycles. The van der Waals surface area contributed by atoms with E-state index in [1.165, 1.54) is 18.3 Å². The van der Waals surface area contributed by atoms with Crippen molar-refractivity contribution in [3.63, 3.8) is 0 Å². The molecule has 6 rings (SSSR count). The molecule has 1 saturated heterocycles. The molecular weight excluding hydrogens is 560 g/mol. The van der Waals surface area contributed by atoms with Crippen molar-refractivity contribution < 1.29 is 30.8 Å².